The van der Waals surface area contributed by atoms with Crippen LogP contribution in [-0.4, -0.2) is 32.0 Å². The summed E-state index contributed by atoms with van der Waals surface area (Å²) in [5.41, 5.74) is 1.32. The Labute approximate surface area is 127 Å². The highest BCUT2D eigenvalue weighted by molar-refractivity contribution is 5.75. The third-order valence-corrected chi connectivity index (χ3v) is 3.17. The lowest BCUT2D eigenvalue weighted by molar-refractivity contribution is -0.121. The van der Waals surface area contributed by atoms with E-state index in [0.717, 1.165) is 12.0 Å². The van der Waals surface area contributed by atoms with E-state index in [1.54, 1.807) is 13.1 Å². The Kier molecular flexibility index (Phi) is 5.24. The number of aromatic nitrogens is 4. The van der Waals surface area contributed by atoms with Gasteiger partial charge in [-0.05, 0) is 31.9 Å². The van der Waals surface area contributed by atoms with Gasteiger partial charge in [-0.3, -0.25) is 14.2 Å². The molecule has 0 aliphatic carbocycles. The predicted octanol–water partition coefficient (Wildman–Crippen LogP) is 1.84. The minimum absolute atomic E-state index is 0.0561. The molecule has 0 saturated carbocycles. The Morgan fingerprint density at radius 2 is 2.18 bits per heavy atom. The van der Waals surface area contributed by atoms with Gasteiger partial charge in [0.05, 0.1) is 6.20 Å². The fraction of sp³-hybridized carbons (Fsp3) is 0.500. The molecule has 0 bridgehead atoms. The molecule has 0 aliphatic rings. The van der Waals surface area contributed by atoms with Crippen molar-refractivity contribution in [2.24, 2.45) is 0 Å². The van der Waals surface area contributed by atoms with Crippen molar-refractivity contribution in [3.8, 4) is 0 Å². The van der Waals surface area contributed by atoms with Crippen molar-refractivity contribution >= 4 is 5.91 Å². The van der Waals surface area contributed by atoms with Gasteiger partial charge in [0.2, 0.25) is 5.91 Å². The lowest BCUT2D eigenvalue weighted by Gasteiger charge is -2.07. The number of rotatable bonds is 7. The number of aryl methyl sites for hydroxylation is 3. The second kappa shape index (κ2) is 7.15. The van der Waals surface area contributed by atoms with Gasteiger partial charge >= 0.3 is 0 Å². The first kappa shape index (κ1) is 16.1. The van der Waals surface area contributed by atoms with Gasteiger partial charge < -0.3 is 5.32 Å². The normalized spacial score (nSPS) is 11.1. The van der Waals surface area contributed by atoms with Gasteiger partial charge in [-0.15, -0.1) is 0 Å². The van der Waals surface area contributed by atoms with Crippen molar-refractivity contribution in [1.82, 2.24) is 24.9 Å². The highest BCUT2D eigenvalue weighted by Gasteiger charge is 2.14. The molecule has 0 atom stereocenters. The second-order valence-corrected chi connectivity index (χ2v) is 5.15. The molecule has 1 amide bonds. The maximum absolute atomic E-state index is 12.5. The van der Waals surface area contributed by atoms with Gasteiger partial charge in [0.25, 0.3) is 6.43 Å². The summed E-state index contributed by atoms with van der Waals surface area (Å²) in [5, 5.41) is 10.6. The molecule has 0 spiro atoms. The summed E-state index contributed by atoms with van der Waals surface area (Å²) in [7, 11) is 0. The van der Waals surface area contributed by atoms with Crippen LogP contribution in [0.2, 0.25) is 0 Å². The van der Waals surface area contributed by atoms with Crippen LogP contribution in [0, 0.1) is 13.8 Å². The van der Waals surface area contributed by atoms with E-state index in [0.29, 0.717) is 18.8 Å². The number of hydrogen-bond donors (Lipinski definition) is 1. The molecule has 2 heterocycles. The standard InChI is InChI=1S/C14H19F2N5O/c1-10-7-18-20(8-10)5-3-4-17-13(22)9-21-11(2)6-12(19-21)14(15)16/h6-8,14H,3-5,9H2,1-2H3,(H,17,22). The fourth-order valence-electron chi connectivity index (χ4n) is 2.05. The first-order valence-corrected chi connectivity index (χ1v) is 7.04. The Bertz CT molecular complexity index is 635. The Morgan fingerprint density at radius 3 is 2.77 bits per heavy atom. The number of carbonyl (C=O) groups is 1. The Hall–Kier alpha value is -2.25. The van der Waals surface area contributed by atoms with E-state index in [-0.39, 0.29) is 18.1 Å². The van der Waals surface area contributed by atoms with E-state index in [1.165, 1.54) is 10.7 Å². The monoisotopic (exact) mass is 311 g/mol. The summed E-state index contributed by atoms with van der Waals surface area (Å²) in [6.45, 7) is 4.77. The molecule has 6 nitrogen and oxygen atoms in total. The van der Waals surface area contributed by atoms with Crippen LogP contribution < -0.4 is 5.32 Å². The minimum Gasteiger partial charge on any atom is -0.354 e. The van der Waals surface area contributed by atoms with E-state index in [1.807, 2.05) is 17.8 Å². The minimum atomic E-state index is -2.62. The van der Waals surface area contributed by atoms with Crippen molar-refractivity contribution in [1.29, 1.82) is 0 Å². The van der Waals surface area contributed by atoms with E-state index in [4.69, 9.17) is 0 Å². The van der Waals surface area contributed by atoms with Gasteiger partial charge in [-0.2, -0.15) is 10.2 Å². The third-order valence-electron chi connectivity index (χ3n) is 3.17. The van der Waals surface area contributed by atoms with Gasteiger partial charge in [-0.1, -0.05) is 0 Å². The van der Waals surface area contributed by atoms with Gasteiger partial charge in [0.15, 0.2) is 0 Å². The molecule has 0 unspecified atom stereocenters. The van der Waals surface area contributed by atoms with Crippen molar-refractivity contribution in [3.63, 3.8) is 0 Å². The van der Waals surface area contributed by atoms with E-state index >= 15 is 0 Å². The van der Waals surface area contributed by atoms with E-state index in [9.17, 15) is 13.6 Å². The first-order valence-electron chi connectivity index (χ1n) is 7.04. The highest BCUT2D eigenvalue weighted by atomic mass is 19.3. The van der Waals surface area contributed by atoms with Crippen LogP contribution in [-0.2, 0) is 17.9 Å². The lowest BCUT2D eigenvalue weighted by Crippen LogP contribution is -2.29. The average Bonchev–Trinajstić information content (AvgIpc) is 3.02. The lowest BCUT2D eigenvalue weighted by atomic mass is 10.4. The van der Waals surface area contributed by atoms with Crippen molar-refractivity contribution in [3.05, 3.63) is 35.4 Å². The van der Waals surface area contributed by atoms with Crippen LogP contribution in [0.3, 0.4) is 0 Å². The summed E-state index contributed by atoms with van der Waals surface area (Å²) < 4.78 is 28.1. The van der Waals surface area contributed by atoms with Gasteiger partial charge in [0.1, 0.15) is 12.2 Å². The number of halogens is 2. The van der Waals surface area contributed by atoms with Crippen LogP contribution in [0.15, 0.2) is 18.5 Å². The molecule has 2 aromatic heterocycles. The van der Waals surface area contributed by atoms with Gasteiger partial charge in [0, 0.05) is 25.0 Å². The predicted molar refractivity (Wildman–Crippen MR) is 76.5 cm³/mol. The number of carbonyl (C=O) groups excluding carboxylic acids is 1. The summed E-state index contributed by atoms with van der Waals surface area (Å²) >= 11 is 0. The number of nitrogens with zero attached hydrogens (tertiary/aromatic N) is 4. The van der Waals surface area contributed by atoms with Crippen molar-refractivity contribution in [2.45, 2.75) is 39.8 Å². The molecular formula is C14H19F2N5O. The molecule has 0 aromatic carbocycles. The number of amides is 1. The summed E-state index contributed by atoms with van der Waals surface area (Å²) in [4.78, 5) is 11.8. The van der Waals surface area contributed by atoms with Crippen LogP contribution in [0.5, 0.6) is 0 Å². The summed E-state index contributed by atoms with van der Waals surface area (Å²) in [6.07, 6.45) is 1.83. The van der Waals surface area contributed by atoms with Crippen LogP contribution >= 0.6 is 0 Å². The Morgan fingerprint density at radius 1 is 1.41 bits per heavy atom. The third kappa shape index (κ3) is 4.37. The van der Waals surface area contributed by atoms with E-state index in [2.05, 4.69) is 15.5 Å². The SMILES string of the molecule is Cc1cnn(CCCNC(=O)Cn2nc(C(F)F)cc2C)c1. The zero-order valence-corrected chi connectivity index (χ0v) is 12.6. The summed E-state index contributed by atoms with van der Waals surface area (Å²) in [5.74, 6) is -0.247. The topological polar surface area (TPSA) is 64.7 Å². The number of alkyl halides is 2. The molecule has 0 aliphatic heterocycles. The molecular weight excluding hydrogens is 292 g/mol. The van der Waals surface area contributed by atoms with Crippen molar-refractivity contribution in [2.75, 3.05) is 6.54 Å². The molecule has 2 rings (SSSR count). The van der Waals surface area contributed by atoms with Crippen LogP contribution in [0.4, 0.5) is 8.78 Å². The fourth-order valence-corrected chi connectivity index (χ4v) is 2.05. The maximum Gasteiger partial charge on any atom is 0.282 e. The smallest absolute Gasteiger partial charge is 0.282 e. The molecule has 0 radical (unpaired) electrons. The zero-order valence-electron chi connectivity index (χ0n) is 12.6. The molecule has 0 fully saturated rings. The quantitative estimate of drug-likeness (QED) is 0.794. The molecule has 1 N–H and O–H groups in total. The van der Waals surface area contributed by atoms with Crippen LogP contribution in [0.1, 0.15) is 29.8 Å². The zero-order chi connectivity index (χ0) is 16.1. The largest absolute Gasteiger partial charge is 0.354 e. The van der Waals surface area contributed by atoms with Crippen molar-refractivity contribution < 1.29 is 13.6 Å². The summed E-state index contributed by atoms with van der Waals surface area (Å²) in [6, 6.07) is 1.29. The molecule has 0 saturated heterocycles. The molecule has 120 valence electrons. The highest BCUT2D eigenvalue weighted by Crippen LogP contribution is 2.17. The van der Waals surface area contributed by atoms with E-state index < -0.39 is 6.43 Å². The molecule has 2 aromatic rings. The second-order valence-electron chi connectivity index (χ2n) is 5.15. The molecule has 8 heteroatoms. The van der Waals surface area contributed by atoms with Gasteiger partial charge in [-0.25, -0.2) is 8.78 Å². The van der Waals surface area contributed by atoms with Crippen LogP contribution in [0.25, 0.3) is 0 Å². The molecule has 22 heavy (non-hydrogen) atoms. The Balaban J connectivity index is 1.73. The number of nitrogens with one attached hydrogen (secondary N) is 1. The number of hydrogen-bond acceptors (Lipinski definition) is 3. The average molecular weight is 311 g/mol. The maximum atomic E-state index is 12.5. The first-order chi connectivity index (χ1) is 10.5.